The van der Waals surface area contributed by atoms with Crippen LogP contribution in [0.4, 0.5) is 0 Å². The molecule has 0 aromatic heterocycles. The lowest BCUT2D eigenvalue weighted by Crippen LogP contribution is -1.89. The molecule has 92 valence electrons. The summed E-state index contributed by atoms with van der Waals surface area (Å²) in [6, 6.07) is 10.7. The standard InChI is InChI=1S/C16H23N/c1-3-4-5-6-7-11-14-17-15(2)16-12-9-8-10-13-16/h4-5,8-10,12-15H,3,6-7,11H2,1-2H3/b5-4-,17-14?/t15-/m0/s1. The third-order valence-electron chi connectivity index (χ3n) is 2.72. The zero-order valence-electron chi connectivity index (χ0n) is 11.0. The molecular weight excluding hydrogens is 206 g/mol. The fourth-order valence-electron chi connectivity index (χ4n) is 1.66. The topological polar surface area (TPSA) is 12.4 Å². The number of aliphatic imine (C=N–C) groups is 1. The fraction of sp³-hybridized carbons (Fsp3) is 0.438. The molecule has 0 bridgehead atoms. The Labute approximate surface area is 105 Å². The van der Waals surface area contributed by atoms with Gasteiger partial charge in [-0.2, -0.15) is 0 Å². The van der Waals surface area contributed by atoms with Crippen LogP contribution in [0.25, 0.3) is 0 Å². The first-order valence-electron chi connectivity index (χ1n) is 6.56. The molecule has 0 aliphatic rings. The van der Waals surface area contributed by atoms with Crippen molar-refractivity contribution in [3.8, 4) is 0 Å². The molecule has 0 saturated heterocycles. The molecule has 0 aliphatic carbocycles. The molecule has 0 saturated carbocycles. The van der Waals surface area contributed by atoms with Gasteiger partial charge in [0, 0.05) is 0 Å². The molecule has 1 heteroatoms. The molecule has 1 aromatic carbocycles. The first-order chi connectivity index (χ1) is 8.34. The van der Waals surface area contributed by atoms with E-state index >= 15 is 0 Å². The lowest BCUT2D eigenvalue weighted by atomic mass is 10.1. The second kappa shape index (κ2) is 8.74. The van der Waals surface area contributed by atoms with E-state index < -0.39 is 0 Å². The van der Waals surface area contributed by atoms with E-state index in [9.17, 15) is 0 Å². The predicted octanol–water partition coefficient (Wildman–Crippen LogP) is 4.95. The van der Waals surface area contributed by atoms with E-state index in [0.29, 0.717) is 0 Å². The summed E-state index contributed by atoms with van der Waals surface area (Å²) in [7, 11) is 0. The largest absolute Gasteiger partial charge is 0.290 e. The Morgan fingerprint density at radius 1 is 1.12 bits per heavy atom. The first-order valence-corrected chi connectivity index (χ1v) is 6.56. The summed E-state index contributed by atoms with van der Waals surface area (Å²) in [6.07, 6.45) is 11.1. The summed E-state index contributed by atoms with van der Waals surface area (Å²) < 4.78 is 0. The van der Waals surface area contributed by atoms with Crippen molar-refractivity contribution in [1.82, 2.24) is 0 Å². The highest BCUT2D eigenvalue weighted by Crippen LogP contribution is 2.15. The first kappa shape index (κ1) is 13.7. The Hall–Kier alpha value is -1.37. The minimum absolute atomic E-state index is 0.280. The molecular formula is C16H23N. The minimum Gasteiger partial charge on any atom is -0.290 e. The smallest absolute Gasteiger partial charge is 0.0716 e. The maximum absolute atomic E-state index is 4.56. The number of nitrogens with zero attached hydrogens (tertiary/aromatic N) is 1. The van der Waals surface area contributed by atoms with Gasteiger partial charge in [-0.1, -0.05) is 49.4 Å². The molecule has 1 atom stereocenters. The average molecular weight is 229 g/mol. The molecule has 0 heterocycles. The minimum atomic E-state index is 0.280. The molecule has 1 aromatic rings. The Kier molecular flexibility index (Phi) is 7.04. The lowest BCUT2D eigenvalue weighted by molar-refractivity contribution is 0.811. The molecule has 0 fully saturated rings. The maximum atomic E-state index is 4.56. The van der Waals surface area contributed by atoms with Gasteiger partial charge in [0.1, 0.15) is 0 Å². The number of benzene rings is 1. The van der Waals surface area contributed by atoms with E-state index in [2.05, 4.69) is 61.5 Å². The third-order valence-corrected chi connectivity index (χ3v) is 2.72. The van der Waals surface area contributed by atoms with Gasteiger partial charge >= 0.3 is 0 Å². The van der Waals surface area contributed by atoms with Gasteiger partial charge in [0.05, 0.1) is 6.04 Å². The zero-order chi connectivity index (χ0) is 12.3. The van der Waals surface area contributed by atoms with E-state index in [1.54, 1.807) is 0 Å². The van der Waals surface area contributed by atoms with Crippen molar-refractivity contribution < 1.29 is 0 Å². The zero-order valence-corrected chi connectivity index (χ0v) is 11.0. The summed E-state index contributed by atoms with van der Waals surface area (Å²) in [6.45, 7) is 4.31. The van der Waals surface area contributed by atoms with E-state index in [-0.39, 0.29) is 6.04 Å². The van der Waals surface area contributed by atoms with Crippen LogP contribution >= 0.6 is 0 Å². The Balaban J connectivity index is 2.23. The van der Waals surface area contributed by atoms with Crippen LogP contribution in [0.3, 0.4) is 0 Å². The van der Waals surface area contributed by atoms with Crippen LogP contribution in [0.5, 0.6) is 0 Å². The van der Waals surface area contributed by atoms with Gasteiger partial charge in [-0.3, -0.25) is 4.99 Å². The third kappa shape index (κ3) is 6.06. The van der Waals surface area contributed by atoms with E-state index in [4.69, 9.17) is 0 Å². The molecule has 0 unspecified atom stereocenters. The molecule has 0 aliphatic heterocycles. The van der Waals surface area contributed by atoms with E-state index in [0.717, 1.165) is 12.8 Å². The van der Waals surface area contributed by atoms with Crippen LogP contribution in [0.15, 0.2) is 47.5 Å². The van der Waals surface area contributed by atoms with E-state index in [1.165, 1.54) is 18.4 Å². The Morgan fingerprint density at radius 2 is 1.88 bits per heavy atom. The highest BCUT2D eigenvalue weighted by molar-refractivity contribution is 5.57. The van der Waals surface area contributed by atoms with Crippen molar-refractivity contribution in [2.24, 2.45) is 4.99 Å². The van der Waals surface area contributed by atoms with Crippen LogP contribution in [-0.4, -0.2) is 6.21 Å². The van der Waals surface area contributed by atoms with Crippen LogP contribution < -0.4 is 0 Å². The van der Waals surface area contributed by atoms with Crippen LogP contribution in [0.1, 0.15) is 51.1 Å². The Morgan fingerprint density at radius 3 is 2.59 bits per heavy atom. The van der Waals surface area contributed by atoms with Gasteiger partial charge in [0.25, 0.3) is 0 Å². The van der Waals surface area contributed by atoms with Gasteiger partial charge in [-0.25, -0.2) is 0 Å². The molecule has 17 heavy (non-hydrogen) atoms. The van der Waals surface area contributed by atoms with Crippen LogP contribution in [0, 0.1) is 0 Å². The summed E-state index contributed by atoms with van der Waals surface area (Å²) in [5, 5.41) is 0. The number of allylic oxidation sites excluding steroid dienone is 2. The number of rotatable bonds is 7. The highest BCUT2D eigenvalue weighted by atomic mass is 14.7. The van der Waals surface area contributed by atoms with Crippen molar-refractivity contribution in [2.45, 2.75) is 45.6 Å². The second-order valence-corrected chi connectivity index (χ2v) is 4.23. The average Bonchev–Trinajstić information content (AvgIpc) is 2.38. The summed E-state index contributed by atoms with van der Waals surface area (Å²) in [4.78, 5) is 4.56. The predicted molar refractivity (Wildman–Crippen MR) is 76.6 cm³/mol. The highest BCUT2D eigenvalue weighted by Gasteiger charge is 1.99. The SMILES string of the molecule is CC/C=C\CCCC=N[C@@H](C)c1ccccc1. The second-order valence-electron chi connectivity index (χ2n) is 4.23. The van der Waals surface area contributed by atoms with Crippen LogP contribution in [-0.2, 0) is 0 Å². The molecule has 1 nitrogen and oxygen atoms in total. The van der Waals surface area contributed by atoms with Crippen molar-refractivity contribution in [3.63, 3.8) is 0 Å². The molecule has 0 radical (unpaired) electrons. The molecule has 0 N–H and O–H groups in total. The summed E-state index contributed by atoms with van der Waals surface area (Å²) in [5.74, 6) is 0. The lowest BCUT2D eigenvalue weighted by Gasteiger charge is -2.05. The molecule has 0 spiro atoms. The molecule has 1 rings (SSSR count). The maximum Gasteiger partial charge on any atom is 0.0716 e. The monoisotopic (exact) mass is 229 g/mol. The van der Waals surface area contributed by atoms with Crippen molar-refractivity contribution in [1.29, 1.82) is 0 Å². The van der Waals surface area contributed by atoms with Crippen molar-refractivity contribution >= 4 is 6.21 Å². The Bertz CT molecular complexity index is 338. The number of hydrogen-bond donors (Lipinski definition) is 0. The van der Waals surface area contributed by atoms with Gasteiger partial charge < -0.3 is 0 Å². The quantitative estimate of drug-likeness (QED) is 0.356. The van der Waals surface area contributed by atoms with E-state index in [1.807, 2.05) is 6.07 Å². The molecule has 0 amide bonds. The number of hydrogen-bond acceptors (Lipinski definition) is 1. The van der Waals surface area contributed by atoms with Crippen molar-refractivity contribution in [3.05, 3.63) is 48.0 Å². The van der Waals surface area contributed by atoms with Crippen molar-refractivity contribution in [2.75, 3.05) is 0 Å². The fourth-order valence-corrected chi connectivity index (χ4v) is 1.66. The van der Waals surface area contributed by atoms with Crippen LogP contribution in [0.2, 0.25) is 0 Å². The van der Waals surface area contributed by atoms with Gasteiger partial charge in [-0.15, -0.1) is 0 Å². The van der Waals surface area contributed by atoms with Gasteiger partial charge in [-0.05, 0) is 44.4 Å². The summed E-state index contributed by atoms with van der Waals surface area (Å²) >= 11 is 0. The number of unbranched alkanes of at least 4 members (excludes halogenated alkanes) is 2. The summed E-state index contributed by atoms with van der Waals surface area (Å²) in [5.41, 5.74) is 1.29. The normalized spacial score (nSPS) is 13.5. The van der Waals surface area contributed by atoms with Gasteiger partial charge in [0.15, 0.2) is 0 Å². The van der Waals surface area contributed by atoms with Gasteiger partial charge in [0.2, 0.25) is 0 Å².